The van der Waals surface area contributed by atoms with Crippen molar-refractivity contribution < 1.29 is 4.74 Å². The SMILES string of the molecule is CC(C)(C)C(Cl)CCCC1CCC2(CCCCC2)O1. The van der Waals surface area contributed by atoms with E-state index >= 15 is 0 Å². The minimum Gasteiger partial charge on any atom is -0.372 e. The summed E-state index contributed by atoms with van der Waals surface area (Å²) in [5.41, 5.74) is 0.510. The van der Waals surface area contributed by atoms with E-state index in [1.54, 1.807) is 0 Å². The van der Waals surface area contributed by atoms with Crippen LogP contribution in [-0.4, -0.2) is 17.1 Å². The predicted octanol–water partition coefficient (Wildman–Crippen LogP) is 5.69. The molecule has 1 nitrogen and oxygen atoms in total. The van der Waals surface area contributed by atoms with Crippen molar-refractivity contribution in [2.75, 3.05) is 0 Å². The van der Waals surface area contributed by atoms with Gasteiger partial charge in [-0.1, -0.05) is 40.0 Å². The fourth-order valence-corrected chi connectivity index (χ4v) is 3.77. The Kier molecular flexibility index (Phi) is 5.22. The molecule has 0 N–H and O–H groups in total. The highest BCUT2D eigenvalue weighted by atomic mass is 35.5. The zero-order valence-electron chi connectivity index (χ0n) is 13.0. The van der Waals surface area contributed by atoms with Crippen LogP contribution in [0, 0.1) is 5.41 Å². The smallest absolute Gasteiger partial charge is 0.0687 e. The number of ether oxygens (including phenoxy) is 1. The quantitative estimate of drug-likeness (QED) is 0.603. The second-order valence-corrected chi connectivity index (χ2v) is 8.31. The maximum atomic E-state index is 6.44. The zero-order valence-corrected chi connectivity index (χ0v) is 13.8. The molecule has 0 radical (unpaired) electrons. The lowest BCUT2D eigenvalue weighted by Gasteiger charge is -2.33. The average Bonchev–Trinajstić information content (AvgIpc) is 2.72. The van der Waals surface area contributed by atoms with Crippen molar-refractivity contribution in [2.24, 2.45) is 5.41 Å². The van der Waals surface area contributed by atoms with E-state index in [4.69, 9.17) is 16.3 Å². The van der Waals surface area contributed by atoms with E-state index in [1.807, 2.05) is 0 Å². The molecule has 1 aliphatic carbocycles. The van der Waals surface area contributed by atoms with Crippen LogP contribution < -0.4 is 0 Å². The Morgan fingerprint density at radius 1 is 1.16 bits per heavy atom. The standard InChI is InChI=1S/C17H31ClO/c1-16(2,3)15(18)9-7-8-14-10-13-17(19-14)11-5-4-6-12-17/h14-15H,4-13H2,1-3H3. The van der Waals surface area contributed by atoms with Crippen LogP contribution in [0.4, 0.5) is 0 Å². The van der Waals surface area contributed by atoms with Gasteiger partial charge in [0.25, 0.3) is 0 Å². The molecule has 2 atom stereocenters. The van der Waals surface area contributed by atoms with Crippen LogP contribution in [0.15, 0.2) is 0 Å². The largest absolute Gasteiger partial charge is 0.372 e. The first kappa shape index (κ1) is 15.6. The highest BCUT2D eigenvalue weighted by Crippen LogP contribution is 2.43. The van der Waals surface area contributed by atoms with Crippen LogP contribution in [0.1, 0.15) is 85.0 Å². The van der Waals surface area contributed by atoms with Gasteiger partial charge in [0, 0.05) is 5.38 Å². The molecule has 2 aliphatic rings. The van der Waals surface area contributed by atoms with Gasteiger partial charge >= 0.3 is 0 Å². The number of rotatable bonds is 4. The number of hydrogen-bond donors (Lipinski definition) is 0. The molecule has 1 saturated carbocycles. The summed E-state index contributed by atoms with van der Waals surface area (Å²) in [6, 6.07) is 0. The summed E-state index contributed by atoms with van der Waals surface area (Å²) < 4.78 is 6.41. The molecule has 2 unspecified atom stereocenters. The van der Waals surface area contributed by atoms with Crippen LogP contribution in [0.5, 0.6) is 0 Å². The van der Waals surface area contributed by atoms with Gasteiger partial charge in [0.2, 0.25) is 0 Å². The Bertz CT molecular complexity index is 275. The molecule has 1 heterocycles. The van der Waals surface area contributed by atoms with Gasteiger partial charge in [0.05, 0.1) is 11.7 Å². The molecule has 0 bridgehead atoms. The highest BCUT2D eigenvalue weighted by Gasteiger charge is 2.40. The lowest BCUT2D eigenvalue weighted by Crippen LogP contribution is -2.31. The van der Waals surface area contributed by atoms with E-state index in [0.29, 0.717) is 6.10 Å². The molecule has 1 spiro atoms. The minimum absolute atomic E-state index is 0.225. The summed E-state index contributed by atoms with van der Waals surface area (Å²) in [5, 5.41) is 0.289. The Labute approximate surface area is 124 Å². The zero-order chi connectivity index (χ0) is 13.9. The summed E-state index contributed by atoms with van der Waals surface area (Å²) in [5.74, 6) is 0. The summed E-state index contributed by atoms with van der Waals surface area (Å²) >= 11 is 6.44. The van der Waals surface area contributed by atoms with Gasteiger partial charge in [-0.25, -0.2) is 0 Å². The van der Waals surface area contributed by atoms with Gasteiger partial charge in [-0.3, -0.25) is 0 Å². The van der Waals surface area contributed by atoms with Gasteiger partial charge in [-0.2, -0.15) is 0 Å². The fraction of sp³-hybridized carbons (Fsp3) is 1.00. The first-order chi connectivity index (χ1) is 8.91. The lowest BCUT2D eigenvalue weighted by atomic mass is 9.83. The Morgan fingerprint density at radius 3 is 2.47 bits per heavy atom. The fourth-order valence-electron chi connectivity index (χ4n) is 3.62. The van der Waals surface area contributed by atoms with Crippen molar-refractivity contribution in [3.8, 4) is 0 Å². The second-order valence-electron chi connectivity index (χ2n) is 7.79. The number of halogens is 1. The molecular formula is C17H31ClO. The van der Waals surface area contributed by atoms with E-state index < -0.39 is 0 Å². The van der Waals surface area contributed by atoms with E-state index in [1.165, 1.54) is 57.8 Å². The van der Waals surface area contributed by atoms with Gasteiger partial charge in [-0.15, -0.1) is 11.6 Å². The van der Waals surface area contributed by atoms with Gasteiger partial charge in [0.1, 0.15) is 0 Å². The Morgan fingerprint density at radius 2 is 1.84 bits per heavy atom. The molecule has 0 amide bonds. The average molecular weight is 287 g/mol. The molecule has 2 heteroatoms. The molecule has 1 saturated heterocycles. The third-order valence-electron chi connectivity index (χ3n) is 5.03. The number of hydrogen-bond acceptors (Lipinski definition) is 1. The molecular weight excluding hydrogens is 256 g/mol. The molecule has 1 aliphatic heterocycles. The summed E-state index contributed by atoms with van der Waals surface area (Å²) in [6.45, 7) is 6.69. The van der Waals surface area contributed by atoms with Crippen molar-refractivity contribution in [1.82, 2.24) is 0 Å². The van der Waals surface area contributed by atoms with E-state index in [9.17, 15) is 0 Å². The topological polar surface area (TPSA) is 9.23 Å². The highest BCUT2D eigenvalue weighted by molar-refractivity contribution is 6.21. The minimum atomic E-state index is 0.225. The van der Waals surface area contributed by atoms with Gasteiger partial charge < -0.3 is 4.74 Å². The molecule has 19 heavy (non-hydrogen) atoms. The van der Waals surface area contributed by atoms with E-state index in [2.05, 4.69) is 20.8 Å². The monoisotopic (exact) mass is 286 g/mol. The van der Waals surface area contributed by atoms with Gasteiger partial charge in [-0.05, 0) is 50.4 Å². The first-order valence-electron chi connectivity index (χ1n) is 8.23. The molecule has 2 rings (SSSR count). The van der Waals surface area contributed by atoms with E-state index in [-0.39, 0.29) is 16.4 Å². The van der Waals surface area contributed by atoms with Crippen LogP contribution >= 0.6 is 11.6 Å². The Balaban J connectivity index is 1.68. The maximum Gasteiger partial charge on any atom is 0.0687 e. The van der Waals surface area contributed by atoms with Gasteiger partial charge in [0.15, 0.2) is 0 Å². The summed E-state index contributed by atoms with van der Waals surface area (Å²) in [4.78, 5) is 0. The van der Waals surface area contributed by atoms with E-state index in [0.717, 1.165) is 6.42 Å². The maximum absolute atomic E-state index is 6.44. The van der Waals surface area contributed by atoms with Crippen molar-refractivity contribution >= 4 is 11.6 Å². The third-order valence-corrected chi connectivity index (χ3v) is 5.90. The van der Waals surface area contributed by atoms with Crippen LogP contribution in [0.3, 0.4) is 0 Å². The Hall–Kier alpha value is 0.250. The lowest BCUT2D eigenvalue weighted by molar-refractivity contribution is -0.0661. The van der Waals surface area contributed by atoms with Crippen molar-refractivity contribution in [2.45, 2.75) is 102 Å². The first-order valence-corrected chi connectivity index (χ1v) is 8.67. The molecule has 0 aromatic rings. The molecule has 112 valence electrons. The third kappa shape index (κ3) is 4.36. The predicted molar refractivity (Wildman–Crippen MR) is 82.9 cm³/mol. The van der Waals surface area contributed by atoms with Crippen LogP contribution in [0.2, 0.25) is 0 Å². The van der Waals surface area contributed by atoms with Crippen molar-refractivity contribution in [3.05, 3.63) is 0 Å². The molecule has 2 fully saturated rings. The molecule has 0 aromatic heterocycles. The van der Waals surface area contributed by atoms with Crippen LogP contribution in [0.25, 0.3) is 0 Å². The summed E-state index contributed by atoms with van der Waals surface area (Å²) in [6.07, 6.45) is 13.4. The second kappa shape index (κ2) is 6.35. The normalized spacial score (nSPS) is 28.7. The van der Waals surface area contributed by atoms with Crippen molar-refractivity contribution in [3.63, 3.8) is 0 Å². The molecule has 0 aromatic carbocycles. The number of alkyl halides is 1. The van der Waals surface area contributed by atoms with Crippen molar-refractivity contribution in [1.29, 1.82) is 0 Å². The van der Waals surface area contributed by atoms with Crippen LogP contribution in [-0.2, 0) is 4.74 Å². The summed E-state index contributed by atoms with van der Waals surface area (Å²) in [7, 11) is 0.